The Morgan fingerprint density at radius 3 is 2.02 bits per heavy atom. The average molecular weight is 2410 g/mol. The molecule has 0 spiro atoms. The standard InChI is InChI=1S/C21H16ClFN4O5.C14H15Cl2N3OS.C13H8ClF2N3O5S.C9H24N4.C8H12INO2.C6Cl5NO2.C4H5NOS.CH3BIP.H2IO/c1-28-26-18(21-27-30-11-10-29-21)13-6-2-4-8-15(13)31-19-17(23)20(25-12-24-19)32-16-9-5-3-7-14(16)22;15-11-4-2-1-3-10(11)7-14(20,13(16)5-6-13)8-19-12(21)17-9-18-19;1-5-11(6(2)24-18-5)25(20,21)19-8-4-10-9(22-13(15,16)23-10)3-7(8)17-12(19)14;10-7-5-3-1-2-4-6-8-13-9(11)12;1-2-3-6-10-8(11)12-7-4-5-9;7-1-2(8)4(10)6(12(13)14)5(11)3(1)9;1-5-4(6)2-3-7-5;1-4(2)3;1-2/h2-9,12H,10-11H2,1H3;1-4,9,20H,5-8H2,(H,17,18,21);3-4H,1-2H3;9,13H,1-8,10-12H2;2-3,6-7H2,1H3,(H,10,11);;2-3H,1H3;1H3;1-2H/q;;;;;;;;-1/b26-18-;;;;;;;;/i;;;;;;;;1T. The first kappa shape index (κ1) is 112. The van der Waals surface area contributed by atoms with E-state index in [1.807, 2.05) is 53.5 Å². The molecule has 10 aromatic rings. The Balaban J connectivity index is 0.000000278. The zero-order chi connectivity index (χ0) is 97.3. The minimum atomic E-state index is -4.23. The number of alkyl carbamates (subject to hydrolysis) is 1. The second-order valence-corrected chi connectivity index (χ2v) is 39.4. The molecule has 0 saturated heterocycles. The average Bonchev–Trinajstić information content (AvgIpc) is 2.25. The number of carbonyl (C=O) groups excluding carboxylic acids is 1. The molecule has 2 aliphatic heterocycles. The second-order valence-electron chi connectivity index (χ2n) is 26.4. The Morgan fingerprint density at radius 1 is 0.915 bits per heavy atom. The second kappa shape index (κ2) is 57.5. The number of nitro groups is 1. The van der Waals surface area contributed by atoms with E-state index < -0.39 is 66.0 Å². The fourth-order valence-corrected chi connectivity index (χ4v) is 15.5. The van der Waals surface area contributed by atoms with Crippen LogP contribution in [-0.2, 0) is 49.2 Å². The van der Waals surface area contributed by atoms with Crippen LogP contribution in [0.5, 0.6) is 34.8 Å². The van der Waals surface area contributed by atoms with Gasteiger partial charge < -0.3 is 70.2 Å². The van der Waals surface area contributed by atoms with E-state index in [0.717, 1.165) is 75.6 Å². The molecule has 2 radical (unpaired) electrons. The van der Waals surface area contributed by atoms with Gasteiger partial charge in [-0.25, -0.2) is 27.2 Å². The van der Waals surface area contributed by atoms with Crippen LogP contribution in [0.25, 0.3) is 11.0 Å². The first-order valence-corrected chi connectivity index (χ1v) is 50.5. The van der Waals surface area contributed by atoms with Gasteiger partial charge in [-0.1, -0.05) is 218 Å². The van der Waals surface area contributed by atoms with Crippen molar-refractivity contribution in [2.24, 2.45) is 34.6 Å². The van der Waals surface area contributed by atoms with Crippen LogP contribution in [0.4, 0.5) is 23.7 Å². The molecule has 1 fully saturated rings. The number of oxime groups is 2. The quantitative estimate of drug-likeness (QED) is 0.00180. The molecule has 13 rings (SSSR count). The van der Waals surface area contributed by atoms with E-state index in [9.17, 15) is 42.0 Å². The molecular formula is C76H85BCl9F3I3N17O17PS3-. The monoisotopic (exact) mass is 2400 g/mol. The van der Waals surface area contributed by atoms with Gasteiger partial charge in [0.05, 0.1) is 53.0 Å². The van der Waals surface area contributed by atoms with E-state index in [1.165, 1.54) is 64.5 Å². The number of para-hydroxylation sites is 2. The SMILES string of the molecule is CCCCNC(=O)OCC#CI.CO/N=C(\C1=NOCCO1)c1ccccc1Oc1ncnc(Oc2ccccc2Cl)c1F.Cc1noc(C)c1S(=O)(=O)n1c(Cl)nc2cc3c(cc21)OC(F)(F)O3.Cn1sccc1=O.NCCCCCCCCNC(N)N.O=[N+]([O-])c1c(Cl)c(Cl)c(Cl)c(Cl)c1Cl.OC(Cc1ccccc1Cl)(Cn1[nH]cnc1=S)C1(Cl)CC1.[3H][I-]O.[B]P(C)I. The van der Waals surface area contributed by atoms with Crippen molar-refractivity contribution in [2.45, 2.75) is 126 Å². The summed E-state index contributed by atoms with van der Waals surface area (Å²) in [5.74, 6) is 0.996. The summed E-state index contributed by atoms with van der Waals surface area (Å²) in [7, 11) is 4.04. The number of nitrogens with two attached hydrogens (primary N) is 3. The summed E-state index contributed by atoms with van der Waals surface area (Å²) < 4.78 is 123. The number of aromatic amines is 1. The number of amides is 1. The van der Waals surface area contributed by atoms with Gasteiger partial charge in [-0.15, -0.1) is 20.4 Å². The van der Waals surface area contributed by atoms with E-state index in [-0.39, 0.29) is 147 Å². The van der Waals surface area contributed by atoms with Crippen LogP contribution in [0.15, 0.2) is 134 Å². The number of ether oxygens (including phenoxy) is 6. The molecule has 7 heterocycles. The van der Waals surface area contributed by atoms with Crippen molar-refractivity contribution < 1.29 is 105 Å². The number of carbonyl (C=O) groups is 1. The smallest absolute Gasteiger partial charge is 0.0958 e. The summed E-state index contributed by atoms with van der Waals surface area (Å²) in [5, 5.41) is 42.8. The number of nitrogens with one attached hydrogen (secondary N) is 3. The molecule has 130 heavy (non-hydrogen) atoms. The zero-order valence-electron chi connectivity index (χ0n) is 70.3. The first-order valence-electron chi connectivity index (χ1n) is 38.2. The third-order valence-corrected chi connectivity index (χ3v) is 24.3. The van der Waals surface area contributed by atoms with E-state index in [0.29, 0.717) is 43.9 Å². The number of alkyl halides is 3. The van der Waals surface area contributed by atoms with E-state index in [4.69, 9.17) is 179 Å². The number of aliphatic hydroxyl groups is 1. The minimum absolute atomic E-state index is 0.0420. The summed E-state index contributed by atoms with van der Waals surface area (Å²) in [4.78, 5) is 55.7. The number of aryl methyl sites for hydroxylation is 3. The Labute approximate surface area is 842 Å². The van der Waals surface area contributed by atoms with Crippen molar-refractivity contribution in [3.8, 4) is 44.6 Å². The van der Waals surface area contributed by atoms with Crippen molar-refractivity contribution in [1.82, 2.24) is 53.4 Å². The van der Waals surface area contributed by atoms with Crippen molar-refractivity contribution in [3.05, 3.63) is 203 Å². The number of halogens is 15. The predicted molar refractivity (Wildman–Crippen MR) is 515 cm³/mol. The molecule has 34 nitrogen and oxygen atoms in total. The van der Waals surface area contributed by atoms with Crippen LogP contribution in [0.3, 0.4) is 0 Å². The largest absolute Gasteiger partial charge is 0.123 e. The minimum Gasteiger partial charge on any atom is -0.0958 e. The Hall–Kier alpha value is -6.39. The van der Waals surface area contributed by atoms with Gasteiger partial charge in [-0.3, -0.25) is 34.0 Å². The van der Waals surface area contributed by atoms with Gasteiger partial charge in [0.25, 0.3) is 33.2 Å². The predicted octanol–water partition coefficient (Wildman–Crippen LogP) is 15.8. The Bertz CT molecular complexity index is 5710. The zero-order valence-corrected chi connectivity index (χ0v) is 85.9. The van der Waals surface area contributed by atoms with Crippen LogP contribution in [-0.4, -0.2) is 167 Å². The van der Waals surface area contributed by atoms with Gasteiger partial charge >= 0.3 is 44.9 Å². The maximum absolute atomic E-state index is 15.1. The van der Waals surface area contributed by atoms with Crippen LogP contribution < -0.4 is 75.1 Å². The first-order chi connectivity index (χ1) is 62.1. The summed E-state index contributed by atoms with van der Waals surface area (Å²) in [6.45, 7) is 10.4. The topological polar surface area (TPSA) is 461 Å². The van der Waals surface area contributed by atoms with Gasteiger partial charge in [-0.05, 0) is 135 Å². The maximum Gasteiger partial charge on any atom is 0.123 e. The van der Waals surface area contributed by atoms with Gasteiger partial charge in [0.2, 0.25) is 15.9 Å². The molecule has 5 aromatic carbocycles. The number of H-pyrrole nitrogens is 1. The Morgan fingerprint density at radius 2 is 1.50 bits per heavy atom. The number of rotatable bonds is 28. The molecule has 1 saturated carbocycles. The number of hydrogen-bond acceptors (Lipinski definition) is 30. The van der Waals surface area contributed by atoms with Crippen LogP contribution in [0.2, 0.25) is 40.4 Å². The van der Waals surface area contributed by atoms with Gasteiger partial charge in [-0.2, -0.15) is 14.4 Å². The summed E-state index contributed by atoms with van der Waals surface area (Å²) in [5.41, 5.74) is 15.9. The molecule has 0 bridgehead atoms. The molecule has 2 atom stereocenters. The number of fused-ring (bicyclic) bond motifs is 2. The molecule has 11 N–H and O–H groups in total. The van der Waals surface area contributed by atoms with Crippen LogP contribution >= 0.6 is 178 Å². The van der Waals surface area contributed by atoms with Crippen molar-refractivity contribution in [2.75, 3.05) is 53.2 Å². The number of aromatic nitrogens is 9. The molecule has 54 heteroatoms. The van der Waals surface area contributed by atoms with Crippen molar-refractivity contribution in [1.29, 1.82) is 0.594 Å². The maximum atomic E-state index is 15.1. The molecule has 1 aliphatic carbocycles. The fourth-order valence-electron chi connectivity index (χ4n) is 10.7. The third kappa shape index (κ3) is 35.7. The number of benzene rings is 5. The molecule has 1 amide bonds. The molecule has 708 valence electrons. The van der Waals surface area contributed by atoms with Gasteiger partial charge in [0.1, 0.15) is 73.1 Å². The number of hydrogen-bond donors (Lipinski definition) is 8. The summed E-state index contributed by atoms with van der Waals surface area (Å²) in [6.07, 6.45) is 9.42. The molecule has 3 aliphatic rings. The van der Waals surface area contributed by atoms with E-state index >= 15 is 4.39 Å². The van der Waals surface area contributed by atoms with Gasteiger partial charge in [0, 0.05) is 71.2 Å². The number of nitrogens with zero attached hydrogens (tertiary/aromatic N) is 11. The fraction of sp³-hybridized carbons (Fsp3) is 0.368. The van der Waals surface area contributed by atoms with E-state index in [1.54, 1.807) is 75.7 Å². The number of unbranched alkanes of at least 4 members (excludes halogenated alkanes) is 6. The van der Waals surface area contributed by atoms with Crippen LogP contribution in [0.1, 0.15) is 93.7 Å². The third-order valence-electron chi connectivity index (χ3n) is 16.9. The summed E-state index contributed by atoms with van der Waals surface area (Å²) >= 11 is 62.2. The van der Waals surface area contributed by atoms with Crippen molar-refractivity contribution in [3.63, 3.8) is 0 Å². The molecule has 5 aromatic heterocycles. The van der Waals surface area contributed by atoms with Crippen molar-refractivity contribution >= 4 is 230 Å². The van der Waals surface area contributed by atoms with Gasteiger partial charge in [0.15, 0.2) is 41.1 Å². The Kier molecular flexibility index (Phi) is 49.7. The summed E-state index contributed by atoms with van der Waals surface area (Å²) in [6, 6.07) is 24.5. The number of imidazole rings is 1. The van der Waals surface area contributed by atoms with E-state index in [2.05, 4.69) is 99.4 Å². The molecule has 2 unspecified atom stereocenters. The van der Waals surface area contributed by atoms with Crippen LogP contribution in [0, 0.1) is 44.4 Å². The normalized spacial score (nSPS) is 13.6. The molecular weight excluding hydrogens is 2320 g/mol. The number of nitro benzene ring substituents is 1.